The Morgan fingerprint density at radius 2 is 0.812 bits per heavy atom. The van der Waals surface area contributed by atoms with Crippen LogP contribution in [-0.2, 0) is 22.8 Å². The molecule has 8 bridgehead atoms. The van der Waals surface area contributed by atoms with Crippen LogP contribution in [0.5, 0.6) is 23.0 Å². The minimum atomic E-state index is -0.189. The molecule has 10 nitrogen and oxygen atoms in total. The first-order valence-corrected chi connectivity index (χ1v) is 29.3. The van der Waals surface area contributed by atoms with Crippen molar-refractivity contribution in [3.05, 3.63) is 157 Å². The van der Waals surface area contributed by atoms with Crippen LogP contribution in [-0.4, -0.2) is 35.0 Å². The Labute approximate surface area is 469 Å². The summed E-state index contributed by atoms with van der Waals surface area (Å²) < 4.78 is 29.1. The lowest BCUT2D eigenvalue weighted by Crippen LogP contribution is -2.48. The summed E-state index contributed by atoms with van der Waals surface area (Å²) in [5.41, 5.74) is 7.22. The van der Waals surface area contributed by atoms with Gasteiger partial charge in [0, 0.05) is 46.9 Å². The molecular weight excluding hydrogens is 993 g/mol. The van der Waals surface area contributed by atoms with E-state index in [9.17, 15) is 9.59 Å². The molecule has 406 valence electrons. The van der Waals surface area contributed by atoms with Crippen LogP contribution in [0, 0.1) is 46.3 Å². The highest BCUT2D eigenvalue weighted by Crippen LogP contribution is 2.62. The van der Waals surface area contributed by atoms with Gasteiger partial charge in [-0.05, 0) is 206 Å². The van der Waals surface area contributed by atoms with Crippen LogP contribution in [0.3, 0.4) is 0 Å². The maximum Gasteiger partial charge on any atom is 0.222 e. The van der Waals surface area contributed by atoms with E-state index in [-0.39, 0.29) is 22.6 Å². The zero-order chi connectivity index (χ0) is 54.0. The van der Waals surface area contributed by atoms with Gasteiger partial charge in [0.15, 0.2) is 0 Å². The maximum absolute atomic E-state index is 12.4. The molecule has 10 heteroatoms. The van der Waals surface area contributed by atoms with Gasteiger partial charge in [-0.25, -0.2) is 9.97 Å². The molecule has 0 unspecified atom stereocenters. The Morgan fingerprint density at radius 3 is 1.18 bits per heavy atom. The van der Waals surface area contributed by atoms with E-state index in [1.807, 2.05) is 72.8 Å². The number of ether oxygens (including phenoxy) is 4. The van der Waals surface area contributed by atoms with Crippen LogP contribution >= 0.6 is 0 Å². The molecule has 8 aliphatic rings. The Morgan fingerprint density at radius 1 is 0.438 bits per heavy atom. The van der Waals surface area contributed by atoms with Gasteiger partial charge in [0.2, 0.25) is 11.8 Å². The highest BCUT2D eigenvalue weighted by molar-refractivity contribution is 6.12. The van der Waals surface area contributed by atoms with E-state index in [0.29, 0.717) is 61.0 Å². The number of aromatic nitrogens is 2. The summed E-state index contributed by atoms with van der Waals surface area (Å²) >= 11 is 0. The third kappa shape index (κ3) is 10.2. The SMILES string of the molecule is CC(=O)Nc1cccc(-c2cc3ccc(OCC45CC6CC(CC(C6)C4)C5)c(-c4c(OCC56CC7CC(CC(C7)C5)C6)ccc5cc(-c6cccc(NC(C)=O)n6)c(OCc6ccccc6)cc45)c3cc2OCc2ccccc2)n1. The first-order chi connectivity index (χ1) is 39.0. The number of hydrogen-bond acceptors (Lipinski definition) is 8. The molecule has 8 saturated carbocycles. The number of amides is 2. The Hall–Kier alpha value is -7.72. The number of nitrogens with zero attached hydrogens (tertiary/aromatic N) is 2. The van der Waals surface area contributed by atoms with Gasteiger partial charge in [0.25, 0.3) is 0 Å². The number of carbonyl (C=O) groups is 2. The van der Waals surface area contributed by atoms with E-state index < -0.39 is 0 Å². The summed E-state index contributed by atoms with van der Waals surface area (Å²) in [6, 6.07) is 49.4. The van der Waals surface area contributed by atoms with Crippen molar-refractivity contribution in [2.75, 3.05) is 23.8 Å². The Kier molecular flexibility index (Phi) is 13.1. The number of fused-ring (bicyclic) bond motifs is 2. The number of nitrogens with one attached hydrogen (secondary N) is 2. The summed E-state index contributed by atoms with van der Waals surface area (Å²) in [6.07, 6.45) is 15.5. The smallest absolute Gasteiger partial charge is 0.222 e. The van der Waals surface area contributed by atoms with Gasteiger partial charge in [0.1, 0.15) is 47.8 Å². The van der Waals surface area contributed by atoms with Gasteiger partial charge in [-0.2, -0.15) is 0 Å². The molecule has 80 heavy (non-hydrogen) atoms. The first-order valence-electron chi connectivity index (χ1n) is 29.3. The highest BCUT2D eigenvalue weighted by atomic mass is 16.5. The third-order valence-corrected chi connectivity index (χ3v) is 18.9. The summed E-state index contributed by atoms with van der Waals surface area (Å²) in [7, 11) is 0. The molecule has 8 fully saturated rings. The number of anilines is 2. The summed E-state index contributed by atoms with van der Waals surface area (Å²) in [4.78, 5) is 34.7. The van der Waals surface area contributed by atoms with Crippen molar-refractivity contribution in [1.82, 2.24) is 9.97 Å². The van der Waals surface area contributed by atoms with Gasteiger partial charge in [0.05, 0.1) is 24.6 Å². The highest BCUT2D eigenvalue weighted by Gasteiger charge is 2.53. The predicted molar refractivity (Wildman–Crippen MR) is 316 cm³/mol. The van der Waals surface area contributed by atoms with Crippen molar-refractivity contribution in [2.45, 2.75) is 104 Å². The van der Waals surface area contributed by atoms with Gasteiger partial charge in [-0.1, -0.05) is 84.9 Å². The van der Waals surface area contributed by atoms with Crippen LogP contribution in [0.15, 0.2) is 146 Å². The maximum atomic E-state index is 12.4. The Balaban J connectivity index is 0.993. The molecule has 6 aromatic carbocycles. The number of hydrogen-bond donors (Lipinski definition) is 2. The van der Waals surface area contributed by atoms with E-state index in [1.54, 1.807) is 0 Å². The van der Waals surface area contributed by atoms with E-state index in [1.165, 1.54) is 90.9 Å². The summed E-state index contributed by atoms with van der Waals surface area (Å²) in [5.74, 6) is 8.17. The monoisotopic (exact) mass is 1060 g/mol. The fourth-order valence-electron chi connectivity index (χ4n) is 16.6. The molecule has 0 aliphatic heterocycles. The van der Waals surface area contributed by atoms with Gasteiger partial charge in [-0.15, -0.1) is 0 Å². The molecule has 0 radical (unpaired) electrons. The van der Waals surface area contributed by atoms with Crippen LogP contribution in [0.4, 0.5) is 11.6 Å². The normalized spacial score (nSPS) is 24.9. The van der Waals surface area contributed by atoms with Crippen LogP contribution in [0.1, 0.15) is 102 Å². The minimum Gasteiger partial charge on any atom is -0.492 e. The van der Waals surface area contributed by atoms with Crippen molar-refractivity contribution >= 4 is 45.0 Å². The largest absolute Gasteiger partial charge is 0.492 e. The summed E-state index contributed by atoms with van der Waals surface area (Å²) in [6.45, 7) is 4.98. The second kappa shape index (κ2) is 20.7. The number of carbonyl (C=O) groups excluding carboxylic acids is 2. The molecule has 2 heterocycles. The number of pyridine rings is 2. The van der Waals surface area contributed by atoms with Crippen molar-refractivity contribution in [3.8, 4) is 56.6 Å². The van der Waals surface area contributed by atoms with E-state index in [4.69, 9.17) is 28.9 Å². The fourth-order valence-corrected chi connectivity index (χ4v) is 16.6. The summed E-state index contributed by atoms with van der Waals surface area (Å²) in [5, 5.41) is 9.69. The molecule has 0 spiro atoms. The van der Waals surface area contributed by atoms with Crippen LogP contribution in [0.2, 0.25) is 0 Å². The lowest BCUT2D eigenvalue weighted by molar-refractivity contribution is -0.115. The van der Waals surface area contributed by atoms with Crippen molar-refractivity contribution in [1.29, 1.82) is 0 Å². The van der Waals surface area contributed by atoms with Gasteiger partial charge < -0.3 is 29.6 Å². The van der Waals surface area contributed by atoms with Crippen molar-refractivity contribution < 1.29 is 28.5 Å². The molecule has 0 saturated heterocycles. The van der Waals surface area contributed by atoms with E-state index in [0.717, 1.165) is 102 Å². The molecule has 0 atom stereocenters. The number of benzene rings is 6. The average molecular weight is 1060 g/mol. The molecule has 8 aliphatic carbocycles. The van der Waals surface area contributed by atoms with Crippen molar-refractivity contribution in [2.24, 2.45) is 46.3 Å². The zero-order valence-electron chi connectivity index (χ0n) is 46.0. The molecule has 2 aromatic heterocycles. The molecule has 2 N–H and O–H groups in total. The van der Waals surface area contributed by atoms with Crippen LogP contribution < -0.4 is 29.6 Å². The second-order valence-corrected chi connectivity index (χ2v) is 25.2. The lowest BCUT2D eigenvalue weighted by atomic mass is 9.50. The van der Waals surface area contributed by atoms with E-state index in [2.05, 4.69) is 83.4 Å². The third-order valence-electron chi connectivity index (χ3n) is 18.9. The lowest BCUT2D eigenvalue weighted by Gasteiger charge is -2.56. The Bertz CT molecular complexity index is 3360. The molecule has 16 rings (SSSR count). The topological polar surface area (TPSA) is 121 Å². The van der Waals surface area contributed by atoms with E-state index >= 15 is 0 Å². The van der Waals surface area contributed by atoms with Gasteiger partial charge >= 0.3 is 0 Å². The molecule has 8 aromatic rings. The fraction of sp³-hybridized carbons (Fsp3) is 0.371. The predicted octanol–water partition coefficient (Wildman–Crippen LogP) is 16.0. The van der Waals surface area contributed by atoms with Crippen molar-refractivity contribution in [3.63, 3.8) is 0 Å². The zero-order valence-corrected chi connectivity index (χ0v) is 46.0. The van der Waals surface area contributed by atoms with Gasteiger partial charge in [-0.3, -0.25) is 9.59 Å². The quantitative estimate of drug-likeness (QED) is 0.0925. The second-order valence-electron chi connectivity index (χ2n) is 25.2. The minimum absolute atomic E-state index is 0.141. The van der Waals surface area contributed by atoms with Crippen LogP contribution in [0.25, 0.3) is 55.2 Å². The molecule has 2 amide bonds. The average Bonchev–Trinajstić information content (AvgIpc) is 3.55. The number of rotatable bonds is 17. The standard InChI is InChI=1S/C70H70N4O6/c1-43(75)71-65-17-9-15-59(73-65)57-29-53-19-21-61(79-41-69-33-47-23-48(34-69)25-49(24-47)35-69)67(55(53)31-63(57)77-39-45-11-5-3-6-12-45)68-56-32-64(78-40-46-13-7-4-8-14-46)58(60-16-10-18-66(74-60)72-44(2)76)30-54(56)20-22-62(68)80-42-70-36-50-26-51(37-70)28-52(27-50)38-70/h3-22,29-32,47-52H,23-28,33-42H2,1-2H3,(H,71,73,75)(H,72,74,76). The first kappa shape index (κ1) is 50.5. The molecular formula is C70H70N4O6.